The number of aromatic amines is 1. The lowest BCUT2D eigenvalue weighted by atomic mass is 10.1. The number of H-pyrrole nitrogens is 1. The number of para-hydroxylation sites is 1. The van der Waals surface area contributed by atoms with Crippen LogP contribution in [0.15, 0.2) is 24.4 Å². The second-order valence-electron chi connectivity index (χ2n) is 5.60. The van der Waals surface area contributed by atoms with Crippen molar-refractivity contribution >= 4 is 16.8 Å². The van der Waals surface area contributed by atoms with Crippen molar-refractivity contribution < 1.29 is 9.90 Å². The molecule has 1 atom stereocenters. The van der Waals surface area contributed by atoms with Crippen molar-refractivity contribution in [3.8, 4) is 0 Å². The summed E-state index contributed by atoms with van der Waals surface area (Å²) >= 11 is 0. The van der Waals surface area contributed by atoms with Gasteiger partial charge in [0.15, 0.2) is 0 Å². The Hall–Kier alpha value is -1.81. The van der Waals surface area contributed by atoms with Gasteiger partial charge in [0.1, 0.15) is 0 Å². The normalized spacial score (nSPS) is 12.8. The van der Waals surface area contributed by atoms with Gasteiger partial charge in [-0.05, 0) is 24.0 Å². The van der Waals surface area contributed by atoms with Gasteiger partial charge in [-0.25, -0.2) is 0 Å². The molecule has 0 aliphatic carbocycles. The van der Waals surface area contributed by atoms with E-state index < -0.39 is 6.10 Å². The van der Waals surface area contributed by atoms with Crippen LogP contribution in [0, 0.1) is 12.8 Å². The van der Waals surface area contributed by atoms with Crippen LogP contribution in [0.25, 0.3) is 10.9 Å². The molecule has 1 heterocycles. The number of aliphatic hydroxyl groups is 1. The van der Waals surface area contributed by atoms with Crippen molar-refractivity contribution in [2.24, 2.45) is 5.92 Å². The molecule has 0 aliphatic rings. The summed E-state index contributed by atoms with van der Waals surface area (Å²) in [5, 5.41) is 13.6. The SMILES string of the molecule is Cc1cccc2c(CC(=O)NCC(O)C(C)C)c[nH]c12. The molecule has 1 aromatic heterocycles. The Balaban J connectivity index is 2.02. The summed E-state index contributed by atoms with van der Waals surface area (Å²) in [6, 6.07) is 6.06. The molecule has 1 aromatic carbocycles. The van der Waals surface area contributed by atoms with Gasteiger partial charge in [0.25, 0.3) is 0 Å². The predicted molar refractivity (Wildman–Crippen MR) is 80.6 cm³/mol. The van der Waals surface area contributed by atoms with Crippen LogP contribution >= 0.6 is 0 Å². The maximum Gasteiger partial charge on any atom is 0.224 e. The highest BCUT2D eigenvalue weighted by Crippen LogP contribution is 2.21. The smallest absolute Gasteiger partial charge is 0.224 e. The van der Waals surface area contributed by atoms with Gasteiger partial charge in [0.05, 0.1) is 12.5 Å². The molecule has 2 aromatic rings. The third-order valence-corrected chi connectivity index (χ3v) is 3.64. The summed E-state index contributed by atoms with van der Waals surface area (Å²) < 4.78 is 0. The zero-order chi connectivity index (χ0) is 14.7. The number of nitrogens with one attached hydrogen (secondary N) is 2. The first-order chi connectivity index (χ1) is 9.49. The topological polar surface area (TPSA) is 65.1 Å². The molecule has 0 bridgehead atoms. The summed E-state index contributed by atoms with van der Waals surface area (Å²) in [4.78, 5) is 15.1. The molecule has 108 valence electrons. The number of hydrogen-bond acceptors (Lipinski definition) is 2. The van der Waals surface area contributed by atoms with Crippen molar-refractivity contribution in [2.45, 2.75) is 33.3 Å². The fourth-order valence-corrected chi connectivity index (χ4v) is 2.20. The van der Waals surface area contributed by atoms with Crippen LogP contribution < -0.4 is 5.32 Å². The molecular weight excluding hydrogens is 252 g/mol. The number of rotatable bonds is 5. The van der Waals surface area contributed by atoms with Crippen molar-refractivity contribution in [1.29, 1.82) is 0 Å². The van der Waals surface area contributed by atoms with E-state index in [9.17, 15) is 9.90 Å². The molecule has 0 saturated carbocycles. The molecule has 3 N–H and O–H groups in total. The van der Waals surface area contributed by atoms with E-state index in [-0.39, 0.29) is 11.8 Å². The number of amides is 1. The Labute approximate surface area is 119 Å². The minimum absolute atomic E-state index is 0.0629. The number of aromatic nitrogens is 1. The summed E-state index contributed by atoms with van der Waals surface area (Å²) in [6.45, 7) is 6.21. The first-order valence-corrected chi connectivity index (χ1v) is 6.99. The highest BCUT2D eigenvalue weighted by atomic mass is 16.3. The van der Waals surface area contributed by atoms with E-state index in [1.54, 1.807) is 0 Å². The van der Waals surface area contributed by atoms with Crippen molar-refractivity contribution in [2.75, 3.05) is 6.54 Å². The first kappa shape index (κ1) is 14.6. The van der Waals surface area contributed by atoms with E-state index in [1.807, 2.05) is 45.2 Å². The van der Waals surface area contributed by atoms with Crippen molar-refractivity contribution in [1.82, 2.24) is 10.3 Å². The Morgan fingerprint density at radius 2 is 2.15 bits per heavy atom. The fourth-order valence-electron chi connectivity index (χ4n) is 2.20. The van der Waals surface area contributed by atoms with Crippen LogP contribution in [0.5, 0.6) is 0 Å². The van der Waals surface area contributed by atoms with Gasteiger partial charge in [-0.1, -0.05) is 32.0 Å². The zero-order valence-electron chi connectivity index (χ0n) is 12.2. The average molecular weight is 274 g/mol. The van der Waals surface area contributed by atoms with Crippen LogP contribution in [-0.4, -0.2) is 28.6 Å². The molecule has 0 fully saturated rings. The monoisotopic (exact) mass is 274 g/mol. The van der Waals surface area contributed by atoms with E-state index in [0.29, 0.717) is 13.0 Å². The number of fused-ring (bicyclic) bond motifs is 1. The standard InChI is InChI=1S/C16H22N2O2/c1-10(2)14(19)9-17-15(20)7-12-8-18-16-11(3)5-4-6-13(12)16/h4-6,8,10,14,18-19H,7,9H2,1-3H3,(H,17,20). The number of benzene rings is 1. The van der Waals surface area contributed by atoms with Crippen LogP contribution in [0.4, 0.5) is 0 Å². The lowest BCUT2D eigenvalue weighted by Crippen LogP contribution is -2.35. The molecule has 1 unspecified atom stereocenters. The summed E-state index contributed by atoms with van der Waals surface area (Å²) in [7, 11) is 0. The Morgan fingerprint density at radius 1 is 1.40 bits per heavy atom. The molecule has 0 spiro atoms. The first-order valence-electron chi connectivity index (χ1n) is 6.99. The summed E-state index contributed by atoms with van der Waals surface area (Å²) in [5.41, 5.74) is 3.24. The number of aliphatic hydroxyl groups excluding tert-OH is 1. The van der Waals surface area contributed by atoms with Gasteiger partial charge < -0.3 is 15.4 Å². The Morgan fingerprint density at radius 3 is 2.85 bits per heavy atom. The van der Waals surface area contributed by atoms with E-state index in [4.69, 9.17) is 0 Å². The van der Waals surface area contributed by atoms with Crippen molar-refractivity contribution in [3.63, 3.8) is 0 Å². The van der Waals surface area contributed by atoms with Gasteiger partial charge in [-0.2, -0.15) is 0 Å². The molecule has 0 radical (unpaired) electrons. The molecule has 1 amide bonds. The van der Waals surface area contributed by atoms with Crippen LogP contribution in [-0.2, 0) is 11.2 Å². The Bertz CT molecular complexity index is 602. The lowest BCUT2D eigenvalue weighted by molar-refractivity contribution is -0.121. The molecule has 0 saturated heterocycles. The van der Waals surface area contributed by atoms with Crippen LogP contribution in [0.3, 0.4) is 0 Å². The van der Waals surface area contributed by atoms with E-state index >= 15 is 0 Å². The quantitative estimate of drug-likeness (QED) is 0.782. The molecular formula is C16H22N2O2. The fraction of sp³-hybridized carbons (Fsp3) is 0.438. The van der Waals surface area contributed by atoms with Crippen LogP contribution in [0.1, 0.15) is 25.0 Å². The number of hydrogen-bond donors (Lipinski definition) is 3. The van der Waals surface area contributed by atoms with Gasteiger partial charge in [-0.15, -0.1) is 0 Å². The summed E-state index contributed by atoms with van der Waals surface area (Å²) in [5.74, 6) is 0.0816. The van der Waals surface area contributed by atoms with E-state index in [0.717, 1.165) is 16.5 Å². The van der Waals surface area contributed by atoms with E-state index in [2.05, 4.69) is 10.3 Å². The maximum absolute atomic E-state index is 11.9. The molecule has 20 heavy (non-hydrogen) atoms. The van der Waals surface area contributed by atoms with Crippen molar-refractivity contribution in [3.05, 3.63) is 35.5 Å². The third-order valence-electron chi connectivity index (χ3n) is 3.64. The minimum Gasteiger partial charge on any atom is -0.391 e. The number of aryl methyl sites for hydroxylation is 1. The van der Waals surface area contributed by atoms with E-state index in [1.165, 1.54) is 5.56 Å². The largest absolute Gasteiger partial charge is 0.391 e. The average Bonchev–Trinajstić information content (AvgIpc) is 2.80. The molecule has 4 nitrogen and oxygen atoms in total. The predicted octanol–water partition coefficient (Wildman–Crippen LogP) is 2.15. The van der Waals surface area contributed by atoms with Gasteiger partial charge in [0, 0.05) is 23.6 Å². The number of carbonyl (C=O) groups excluding carboxylic acids is 1. The lowest BCUT2D eigenvalue weighted by Gasteiger charge is -2.14. The van der Waals surface area contributed by atoms with Gasteiger partial charge in [0.2, 0.25) is 5.91 Å². The minimum atomic E-state index is -0.496. The van der Waals surface area contributed by atoms with Gasteiger partial charge in [-0.3, -0.25) is 4.79 Å². The highest BCUT2D eigenvalue weighted by Gasteiger charge is 2.13. The molecule has 0 aliphatic heterocycles. The highest BCUT2D eigenvalue weighted by molar-refractivity contribution is 5.90. The number of carbonyl (C=O) groups is 1. The maximum atomic E-state index is 11.9. The third kappa shape index (κ3) is 3.20. The second kappa shape index (κ2) is 6.09. The van der Waals surface area contributed by atoms with Gasteiger partial charge >= 0.3 is 0 Å². The zero-order valence-corrected chi connectivity index (χ0v) is 12.2. The van der Waals surface area contributed by atoms with Crippen LogP contribution in [0.2, 0.25) is 0 Å². The summed E-state index contributed by atoms with van der Waals surface area (Å²) in [6.07, 6.45) is 1.72. The Kier molecular flexibility index (Phi) is 4.45. The molecule has 2 rings (SSSR count). The molecule has 4 heteroatoms. The second-order valence-corrected chi connectivity index (χ2v) is 5.60.